The fraction of sp³-hybridized carbons (Fsp3) is 0.714. The van der Waals surface area contributed by atoms with Crippen molar-refractivity contribution < 1.29 is 4.74 Å². The maximum absolute atomic E-state index is 5.49. The zero-order chi connectivity index (χ0) is 13.2. The Kier molecular flexibility index (Phi) is 3.85. The van der Waals surface area contributed by atoms with Crippen LogP contribution in [-0.2, 0) is 23.2 Å². The summed E-state index contributed by atoms with van der Waals surface area (Å²) in [5.74, 6) is 1.80. The average Bonchev–Trinajstić information content (AvgIpc) is 2.84. The fourth-order valence-corrected chi connectivity index (χ4v) is 2.18. The van der Waals surface area contributed by atoms with Crippen molar-refractivity contribution in [2.24, 2.45) is 0 Å². The molecular formula is C14H23N3O. The second kappa shape index (κ2) is 5.22. The standard InChI is InChI=1S/C14H23N3O/c1-5-9-15-12-10-7-6-8-11(10)16-13(17-12)14(2,3)18-4/h5-9H2,1-4H3,(H,15,16,17). The van der Waals surface area contributed by atoms with Gasteiger partial charge in [-0.3, -0.25) is 0 Å². The number of anilines is 1. The summed E-state index contributed by atoms with van der Waals surface area (Å²) in [6, 6.07) is 0. The first-order valence-electron chi connectivity index (χ1n) is 6.77. The second-order valence-electron chi connectivity index (χ2n) is 5.32. The van der Waals surface area contributed by atoms with Crippen LogP contribution in [-0.4, -0.2) is 23.6 Å². The highest BCUT2D eigenvalue weighted by Crippen LogP contribution is 2.30. The van der Waals surface area contributed by atoms with E-state index in [2.05, 4.69) is 22.2 Å². The van der Waals surface area contributed by atoms with E-state index in [0.717, 1.165) is 37.4 Å². The number of aromatic nitrogens is 2. The van der Waals surface area contributed by atoms with Gasteiger partial charge in [0, 0.05) is 24.9 Å². The summed E-state index contributed by atoms with van der Waals surface area (Å²) in [6.07, 6.45) is 4.43. The minimum atomic E-state index is -0.430. The van der Waals surface area contributed by atoms with Crippen molar-refractivity contribution in [1.29, 1.82) is 0 Å². The first kappa shape index (κ1) is 13.3. The second-order valence-corrected chi connectivity index (χ2v) is 5.32. The largest absolute Gasteiger partial charge is 0.371 e. The Bertz CT molecular complexity index is 429. The lowest BCUT2D eigenvalue weighted by atomic mass is 10.1. The number of nitrogens with one attached hydrogen (secondary N) is 1. The number of nitrogens with zero attached hydrogens (tertiary/aromatic N) is 2. The van der Waals surface area contributed by atoms with E-state index in [-0.39, 0.29) is 0 Å². The molecule has 0 fully saturated rings. The minimum absolute atomic E-state index is 0.430. The van der Waals surface area contributed by atoms with Crippen LogP contribution in [0.2, 0.25) is 0 Å². The molecule has 0 spiro atoms. The van der Waals surface area contributed by atoms with Gasteiger partial charge in [-0.25, -0.2) is 9.97 Å². The van der Waals surface area contributed by atoms with E-state index >= 15 is 0 Å². The topological polar surface area (TPSA) is 47.0 Å². The first-order chi connectivity index (χ1) is 8.58. The molecule has 1 heterocycles. The number of aryl methyl sites for hydroxylation is 1. The van der Waals surface area contributed by atoms with Crippen molar-refractivity contribution in [1.82, 2.24) is 9.97 Å². The molecule has 1 aromatic heterocycles. The van der Waals surface area contributed by atoms with Crippen molar-refractivity contribution in [2.45, 2.75) is 52.1 Å². The molecule has 4 nitrogen and oxygen atoms in total. The Morgan fingerprint density at radius 1 is 1.28 bits per heavy atom. The lowest BCUT2D eigenvalue weighted by Crippen LogP contribution is -2.24. The number of methoxy groups -OCH3 is 1. The molecule has 0 bridgehead atoms. The van der Waals surface area contributed by atoms with Crippen molar-refractivity contribution >= 4 is 5.82 Å². The minimum Gasteiger partial charge on any atom is -0.371 e. The maximum Gasteiger partial charge on any atom is 0.162 e. The van der Waals surface area contributed by atoms with Gasteiger partial charge >= 0.3 is 0 Å². The van der Waals surface area contributed by atoms with Crippen LogP contribution >= 0.6 is 0 Å². The average molecular weight is 249 g/mol. The summed E-state index contributed by atoms with van der Waals surface area (Å²) in [7, 11) is 1.70. The highest BCUT2D eigenvalue weighted by Gasteiger charge is 2.27. The normalized spacial score (nSPS) is 14.7. The predicted octanol–water partition coefficient (Wildman–Crippen LogP) is 2.67. The van der Waals surface area contributed by atoms with Crippen LogP contribution in [0.15, 0.2) is 0 Å². The van der Waals surface area contributed by atoms with Gasteiger partial charge in [0.1, 0.15) is 11.4 Å². The summed E-state index contributed by atoms with van der Waals surface area (Å²) in [5, 5.41) is 3.42. The molecule has 0 aliphatic heterocycles. The van der Waals surface area contributed by atoms with Gasteiger partial charge in [-0.1, -0.05) is 6.92 Å². The van der Waals surface area contributed by atoms with Crippen molar-refractivity contribution in [3.63, 3.8) is 0 Å². The highest BCUT2D eigenvalue weighted by molar-refractivity contribution is 5.49. The Hall–Kier alpha value is -1.16. The fourth-order valence-electron chi connectivity index (χ4n) is 2.18. The Balaban J connectivity index is 2.39. The van der Waals surface area contributed by atoms with Crippen molar-refractivity contribution in [3.05, 3.63) is 17.1 Å². The Labute approximate surface area is 109 Å². The third-order valence-electron chi connectivity index (χ3n) is 3.52. The molecule has 4 heteroatoms. The number of hydrogen-bond donors (Lipinski definition) is 1. The van der Waals surface area contributed by atoms with Crippen LogP contribution in [0.4, 0.5) is 5.82 Å². The highest BCUT2D eigenvalue weighted by atomic mass is 16.5. The van der Waals surface area contributed by atoms with Gasteiger partial charge in [0.05, 0.1) is 0 Å². The molecule has 100 valence electrons. The van der Waals surface area contributed by atoms with E-state index in [1.54, 1.807) is 7.11 Å². The van der Waals surface area contributed by atoms with Crippen LogP contribution < -0.4 is 5.32 Å². The van der Waals surface area contributed by atoms with Crippen LogP contribution in [0.1, 0.15) is 50.7 Å². The van der Waals surface area contributed by atoms with E-state index in [1.165, 1.54) is 17.7 Å². The quantitative estimate of drug-likeness (QED) is 0.871. The van der Waals surface area contributed by atoms with Gasteiger partial charge in [0.2, 0.25) is 0 Å². The predicted molar refractivity (Wildman–Crippen MR) is 72.9 cm³/mol. The van der Waals surface area contributed by atoms with Gasteiger partial charge in [0.15, 0.2) is 5.82 Å². The SMILES string of the molecule is CCCNc1nc(C(C)(C)OC)nc2c1CCC2. The zero-order valence-electron chi connectivity index (χ0n) is 11.8. The summed E-state index contributed by atoms with van der Waals surface area (Å²) in [4.78, 5) is 9.37. The van der Waals surface area contributed by atoms with Crippen LogP contribution in [0.5, 0.6) is 0 Å². The summed E-state index contributed by atoms with van der Waals surface area (Å²) in [5.41, 5.74) is 2.07. The van der Waals surface area contributed by atoms with E-state index < -0.39 is 5.60 Å². The molecule has 18 heavy (non-hydrogen) atoms. The molecular weight excluding hydrogens is 226 g/mol. The maximum atomic E-state index is 5.49. The molecule has 0 radical (unpaired) electrons. The van der Waals surface area contributed by atoms with Gasteiger partial charge in [-0.2, -0.15) is 0 Å². The van der Waals surface area contributed by atoms with E-state index in [9.17, 15) is 0 Å². The van der Waals surface area contributed by atoms with E-state index in [1.807, 2.05) is 13.8 Å². The molecule has 0 saturated carbocycles. The molecule has 0 atom stereocenters. The number of hydrogen-bond acceptors (Lipinski definition) is 4. The molecule has 0 unspecified atom stereocenters. The molecule has 0 saturated heterocycles. The lowest BCUT2D eigenvalue weighted by Gasteiger charge is -2.23. The van der Waals surface area contributed by atoms with E-state index in [4.69, 9.17) is 4.74 Å². The Morgan fingerprint density at radius 3 is 2.72 bits per heavy atom. The summed E-state index contributed by atoms with van der Waals surface area (Å²) in [6.45, 7) is 7.13. The molecule has 0 aromatic carbocycles. The lowest BCUT2D eigenvalue weighted by molar-refractivity contribution is 0.0114. The smallest absolute Gasteiger partial charge is 0.162 e. The van der Waals surface area contributed by atoms with Crippen LogP contribution in [0.25, 0.3) is 0 Å². The van der Waals surface area contributed by atoms with Gasteiger partial charge in [0.25, 0.3) is 0 Å². The Morgan fingerprint density at radius 2 is 2.06 bits per heavy atom. The van der Waals surface area contributed by atoms with Crippen LogP contribution in [0.3, 0.4) is 0 Å². The molecule has 0 amide bonds. The third-order valence-corrected chi connectivity index (χ3v) is 3.52. The summed E-state index contributed by atoms with van der Waals surface area (Å²) >= 11 is 0. The van der Waals surface area contributed by atoms with Gasteiger partial charge in [-0.15, -0.1) is 0 Å². The number of fused-ring (bicyclic) bond motifs is 1. The van der Waals surface area contributed by atoms with Crippen LogP contribution in [0, 0.1) is 0 Å². The molecule has 1 aliphatic carbocycles. The van der Waals surface area contributed by atoms with Crippen molar-refractivity contribution in [2.75, 3.05) is 19.0 Å². The first-order valence-corrected chi connectivity index (χ1v) is 6.77. The monoisotopic (exact) mass is 249 g/mol. The molecule has 2 rings (SSSR count). The molecule has 1 aromatic rings. The summed E-state index contributed by atoms with van der Waals surface area (Å²) < 4.78 is 5.49. The molecule has 1 aliphatic rings. The number of ether oxygens (including phenoxy) is 1. The number of rotatable bonds is 5. The van der Waals surface area contributed by atoms with Crippen molar-refractivity contribution in [3.8, 4) is 0 Å². The molecule has 1 N–H and O–H groups in total. The third kappa shape index (κ3) is 2.48. The van der Waals surface area contributed by atoms with Gasteiger partial charge < -0.3 is 10.1 Å². The van der Waals surface area contributed by atoms with E-state index in [0.29, 0.717) is 0 Å². The zero-order valence-corrected chi connectivity index (χ0v) is 11.8. The van der Waals surface area contributed by atoms with Gasteiger partial charge in [-0.05, 0) is 39.5 Å².